The summed E-state index contributed by atoms with van der Waals surface area (Å²) < 4.78 is 4.96. The highest BCUT2D eigenvalue weighted by Crippen LogP contribution is 2.31. The van der Waals surface area contributed by atoms with Gasteiger partial charge in [-0.2, -0.15) is 0 Å². The number of hydrogen-bond acceptors (Lipinski definition) is 4. The second-order valence-electron chi connectivity index (χ2n) is 5.27. The van der Waals surface area contributed by atoms with Crippen molar-refractivity contribution in [2.45, 2.75) is 40.7 Å². The third kappa shape index (κ3) is 3.81. The molecule has 0 bridgehead atoms. The van der Waals surface area contributed by atoms with Crippen molar-refractivity contribution >= 4 is 11.9 Å². The summed E-state index contributed by atoms with van der Waals surface area (Å²) in [4.78, 5) is 23.1. The fourth-order valence-corrected chi connectivity index (χ4v) is 1.61. The Morgan fingerprint density at radius 3 is 2.58 bits per heavy atom. The standard InChI is InChI=1S/C13H20N2O4/c1-8(2)13(4,12(17)18)6-11(16)14-7-10-5-9(3)15-19-10/h5,8H,6-7H2,1-4H3,(H,14,16)(H,17,18). The Hall–Kier alpha value is -1.85. The first-order valence-corrected chi connectivity index (χ1v) is 6.18. The Morgan fingerprint density at radius 1 is 1.53 bits per heavy atom. The number of hydrogen-bond donors (Lipinski definition) is 2. The molecular formula is C13H20N2O4. The molecule has 1 heterocycles. The molecule has 0 saturated heterocycles. The summed E-state index contributed by atoms with van der Waals surface area (Å²) >= 11 is 0. The van der Waals surface area contributed by atoms with E-state index < -0.39 is 11.4 Å². The molecule has 106 valence electrons. The average molecular weight is 268 g/mol. The van der Waals surface area contributed by atoms with E-state index in [1.165, 1.54) is 0 Å². The van der Waals surface area contributed by atoms with E-state index in [1.54, 1.807) is 33.8 Å². The van der Waals surface area contributed by atoms with Crippen LogP contribution in [0.5, 0.6) is 0 Å². The van der Waals surface area contributed by atoms with Crippen molar-refractivity contribution in [1.82, 2.24) is 10.5 Å². The van der Waals surface area contributed by atoms with Crippen LogP contribution in [0.15, 0.2) is 10.6 Å². The third-order valence-corrected chi connectivity index (χ3v) is 3.43. The van der Waals surface area contributed by atoms with E-state index in [4.69, 9.17) is 4.52 Å². The van der Waals surface area contributed by atoms with Crippen LogP contribution in [-0.2, 0) is 16.1 Å². The monoisotopic (exact) mass is 268 g/mol. The number of carboxylic acids is 1. The maximum Gasteiger partial charge on any atom is 0.310 e. The fraction of sp³-hybridized carbons (Fsp3) is 0.615. The maximum atomic E-state index is 11.8. The molecule has 0 fully saturated rings. The number of nitrogens with one attached hydrogen (secondary N) is 1. The number of carbonyl (C=O) groups is 2. The van der Waals surface area contributed by atoms with Crippen molar-refractivity contribution in [3.05, 3.63) is 17.5 Å². The largest absolute Gasteiger partial charge is 0.481 e. The molecule has 6 nitrogen and oxygen atoms in total. The van der Waals surface area contributed by atoms with Gasteiger partial charge in [-0.05, 0) is 19.8 Å². The number of amides is 1. The van der Waals surface area contributed by atoms with Crippen LogP contribution in [0.1, 0.15) is 38.6 Å². The molecule has 0 saturated carbocycles. The van der Waals surface area contributed by atoms with Gasteiger partial charge in [-0.3, -0.25) is 9.59 Å². The molecule has 19 heavy (non-hydrogen) atoms. The van der Waals surface area contributed by atoms with E-state index >= 15 is 0 Å². The van der Waals surface area contributed by atoms with E-state index in [0.717, 1.165) is 5.69 Å². The number of carboxylic acid groups (broad SMARTS) is 1. The molecule has 0 aliphatic carbocycles. The van der Waals surface area contributed by atoms with Gasteiger partial charge in [-0.1, -0.05) is 19.0 Å². The quantitative estimate of drug-likeness (QED) is 0.819. The Labute approximate surface area is 112 Å². The van der Waals surface area contributed by atoms with Crippen LogP contribution in [0.3, 0.4) is 0 Å². The van der Waals surface area contributed by atoms with Gasteiger partial charge in [-0.15, -0.1) is 0 Å². The second kappa shape index (κ2) is 5.86. The summed E-state index contributed by atoms with van der Waals surface area (Å²) in [6, 6.07) is 1.72. The predicted molar refractivity (Wildman–Crippen MR) is 68.3 cm³/mol. The van der Waals surface area contributed by atoms with Crippen LogP contribution in [0.25, 0.3) is 0 Å². The Balaban J connectivity index is 2.57. The lowest BCUT2D eigenvalue weighted by molar-refractivity contribution is -0.153. The molecule has 1 aromatic rings. The predicted octanol–water partition coefficient (Wildman–Crippen LogP) is 1.74. The van der Waals surface area contributed by atoms with Gasteiger partial charge in [-0.25, -0.2) is 0 Å². The van der Waals surface area contributed by atoms with E-state index in [1.807, 2.05) is 0 Å². The van der Waals surface area contributed by atoms with E-state index in [9.17, 15) is 14.7 Å². The van der Waals surface area contributed by atoms with Crippen molar-refractivity contribution < 1.29 is 19.2 Å². The topological polar surface area (TPSA) is 92.4 Å². The van der Waals surface area contributed by atoms with Crippen LogP contribution < -0.4 is 5.32 Å². The van der Waals surface area contributed by atoms with Crippen molar-refractivity contribution in [1.29, 1.82) is 0 Å². The smallest absolute Gasteiger partial charge is 0.310 e. The Bertz CT molecular complexity index is 467. The number of rotatable bonds is 6. The van der Waals surface area contributed by atoms with E-state index in [2.05, 4.69) is 10.5 Å². The van der Waals surface area contributed by atoms with Gasteiger partial charge >= 0.3 is 5.97 Å². The molecule has 0 aliphatic heterocycles. The third-order valence-electron chi connectivity index (χ3n) is 3.43. The summed E-state index contributed by atoms with van der Waals surface area (Å²) in [6.07, 6.45) is -0.0624. The highest BCUT2D eigenvalue weighted by Gasteiger charge is 2.38. The highest BCUT2D eigenvalue weighted by molar-refractivity contribution is 5.84. The van der Waals surface area contributed by atoms with Gasteiger partial charge in [0.25, 0.3) is 0 Å². The first-order chi connectivity index (χ1) is 8.75. The van der Waals surface area contributed by atoms with Crippen LogP contribution >= 0.6 is 0 Å². The zero-order valence-electron chi connectivity index (χ0n) is 11.7. The minimum atomic E-state index is -1.07. The molecule has 6 heteroatoms. The maximum absolute atomic E-state index is 11.8. The minimum Gasteiger partial charge on any atom is -0.481 e. The minimum absolute atomic E-state index is 0.0624. The summed E-state index contributed by atoms with van der Waals surface area (Å²) in [6.45, 7) is 7.17. The molecule has 0 aliphatic rings. The van der Waals surface area contributed by atoms with Crippen LogP contribution in [0, 0.1) is 18.3 Å². The number of nitrogens with zero attached hydrogens (tertiary/aromatic N) is 1. The van der Waals surface area contributed by atoms with E-state index in [0.29, 0.717) is 5.76 Å². The molecule has 2 N–H and O–H groups in total. The summed E-state index contributed by atoms with van der Waals surface area (Å²) in [5.74, 6) is -0.864. The van der Waals surface area contributed by atoms with Gasteiger partial charge in [0.15, 0.2) is 5.76 Å². The number of aromatic nitrogens is 1. The molecule has 1 atom stereocenters. The molecule has 0 spiro atoms. The van der Waals surface area contributed by atoms with Crippen LogP contribution in [-0.4, -0.2) is 22.1 Å². The van der Waals surface area contributed by atoms with Crippen LogP contribution in [0.2, 0.25) is 0 Å². The van der Waals surface area contributed by atoms with Gasteiger partial charge in [0.1, 0.15) is 0 Å². The first-order valence-electron chi connectivity index (χ1n) is 6.18. The van der Waals surface area contributed by atoms with Gasteiger partial charge in [0.05, 0.1) is 17.7 Å². The molecule has 0 aromatic carbocycles. The zero-order chi connectivity index (χ0) is 14.6. The van der Waals surface area contributed by atoms with Crippen molar-refractivity contribution in [3.63, 3.8) is 0 Å². The second-order valence-corrected chi connectivity index (χ2v) is 5.27. The molecule has 1 aromatic heterocycles. The highest BCUT2D eigenvalue weighted by atomic mass is 16.5. The normalized spacial score (nSPS) is 14.2. The first kappa shape index (κ1) is 15.2. The molecular weight excluding hydrogens is 248 g/mol. The fourth-order valence-electron chi connectivity index (χ4n) is 1.61. The molecule has 1 amide bonds. The summed E-state index contributed by atoms with van der Waals surface area (Å²) in [7, 11) is 0. The SMILES string of the molecule is Cc1cc(CNC(=O)CC(C)(C(=O)O)C(C)C)on1. The van der Waals surface area contributed by atoms with E-state index in [-0.39, 0.29) is 24.8 Å². The molecule has 1 rings (SSSR count). The van der Waals surface area contributed by atoms with Gasteiger partial charge < -0.3 is 14.9 Å². The summed E-state index contributed by atoms with van der Waals surface area (Å²) in [5.41, 5.74) is -0.330. The number of carbonyl (C=O) groups excluding carboxylic acids is 1. The van der Waals surface area contributed by atoms with Crippen LogP contribution in [0.4, 0.5) is 0 Å². The zero-order valence-corrected chi connectivity index (χ0v) is 11.7. The number of aryl methyl sites for hydroxylation is 1. The van der Waals surface area contributed by atoms with Crippen molar-refractivity contribution in [2.75, 3.05) is 0 Å². The Kier molecular flexibility index (Phi) is 4.69. The lowest BCUT2D eigenvalue weighted by Crippen LogP contribution is -2.39. The van der Waals surface area contributed by atoms with Gasteiger partial charge in [0, 0.05) is 12.5 Å². The van der Waals surface area contributed by atoms with Crippen molar-refractivity contribution in [3.8, 4) is 0 Å². The van der Waals surface area contributed by atoms with Gasteiger partial charge in [0.2, 0.25) is 5.91 Å². The van der Waals surface area contributed by atoms with Crippen molar-refractivity contribution in [2.24, 2.45) is 11.3 Å². The average Bonchev–Trinajstić information content (AvgIpc) is 2.72. The molecule has 0 radical (unpaired) electrons. The Morgan fingerprint density at radius 2 is 2.16 bits per heavy atom. The lowest BCUT2D eigenvalue weighted by Gasteiger charge is -2.28. The molecule has 1 unspecified atom stereocenters. The lowest BCUT2D eigenvalue weighted by atomic mass is 9.76. The number of aliphatic carboxylic acids is 1. The summed E-state index contributed by atoms with van der Waals surface area (Å²) in [5, 5.41) is 15.6.